The average Bonchev–Trinajstić information content (AvgIpc) is 3.24. The molecule has 0 N–H and O–H groups in total. The molecular weight excluding hydrogens is 452 g/mol. The standard InChI is InChI=1S/C24H22Cl2FN3O2/c1-2-22-19(14-28-30(22)18-6-4-17(27)5-7-18)24(32)29-11-9-15(10-12-29)23(31)16-3-8-20(25)21(26)13-16/h3-8,13-15H,2,9-12H2,1H3. The Bertz CT molecular complexity index is 1150. The molecule has 32 heavy (non-hydrogen) atoms. The van der Waals surface area contributed by atoms with E-state index in [1.54, 1.807) is 46.1 Å². The van der Waals surface area contributed by atoms with Crippen LogP contribution in [0.4, 0.5) is 4.39 Å². The van der Waals surface area contributed by atoms with Crippen LogP contribution in [0.3, 0.4) is 0 Å². The Hall–Kier alpha value is -2.70. The van der Waals surface area contributed by atoms with Crippen molar-refractivity contribution in [3.05, 3.63) is 81.3 Å². The molecule has 1 aromatic heterocycles. The first-order valence-corrected chi connectivity index (χ1v) is 11.3. The molecule has 0 bridgehead atoms. The smallest absolute Gasteiger partial charge is 0.257 e. The predicted molar refractivity (Wildman–Crippen MR) is 122 cm³/mol. The summed E-state index contributed by atoms with van der Waals surface area (Å²) in [6.45, 7) is 2.93. The van der Waals surface area contributed by atoms with Gasteiger partial charge < -0.3 is 4.90 Å². The first-order valence-electron chi connectivity index (χ1n) is 10.5. The van der Waals surface area contributed by atoms with E-state index in [1.807, 2.05) is 6.92 Å². The lowest BCUT2D eigenvalue weighted by atomic mass is 9.88. The first kappa shape index (κ1) is 22.5. The molecule has 3 aromatic rings. The predicted octanol–water partition coefficient (Wildman–Crippen LogP) is 5.62. The monoisotopic (exact) mass is 473 g/mol. The third-order valence-electron chi connectivity index (χ3n) is 5.86. The molecule has 0 spiro atoms. The normalized spacial score (nSPS) is 14.6. The van der Waals surface area contributed by atoms with Crippen LogP contribution < -0.4 is 0 Å². The zero-order valence-corrected chi connectivity index (χ0v) is 19.0. The van der Waals surface area contributed by atoms with Crippen LogP contribution in [-0.2, 0) is 6.42 Å². The fraction of sp³-hybridized carbons (Fsp3) is 0.292. The maximum Gasteiger partial charge on any atom is 0.257 e. The van der Waals surface area contributed by atoms with Gasteiger partial charge in [0.05, 0.1) is 33.2 Å². The number of amides is 1. The van der Waals surface area contributed by atoms with Gasteiger partial charge in [0.1, 0.15) is 5.82 Å². The van der Waals surface area contributed by atoms with E-state index >= 15 is 0 Å². The van der Waals surface area contributed by atoms with E-state index in [0.717, 1.165) is 5.69 Å². The summed E-state index contributed by atoms with van der Waals surface area (Å²) in [7, 11) is 0. The summed E-state index contributed by atoms with van der Waals surface area (Å²) in [5, 5.41) is 5.14. The van der Waals surface area contributed by atoms with Gasteiger partial charge in [-0.25, -0.2) is 9.07 Å². The van der Waals surface area contributed by atoms with E-state index in [0.29, 0.717) is 59.2 Å². The highest BCUT2D eigenvalue weighted by atomic mass is 35.5. The molecule has 8 heteroatoms. The molecule has 0 atom stereocenters. The number of Topliss-reactive ketones (excluding diaryl/α,β-unsaturated/α-hetero) is 1. The number of carbonyl (C=O) groups is 2. The third-order valence-corrected chi connectivity index (χ3v) is 6.60. The molecule has 2 heterocycles. The highest BCUT2D eigenvalue weighted by molar-refractivity contribution is 6.42. The van der Waals surface area contributed by atoms with Crippen LogP contribution in [0.2, 0.25) is 10.0 Å². The molecule has 166 valence electrons. The molecule has 1 amide bonds. The largest absolute Gasteiger partial charge is 0.338 e. The van der Waals surface area contributed by atoms with E-state index in [1.165, 1.54) is 12.1 Å². The van der Waals surface area contributed by atoms with Gasteiger partial charge in [0.25, 0.3) is 5.91 Å². The second kappa shape index (κ2) is 9.43. The van der Waals surface area contributed by atoms with Crippen molar-refractivity contribution in [3.8, 4) is 5.69 Å². The van der Waals surface area contributed by atoms with Crippen molar-refractivity contribution in [3.63, 3.8) is 0 Å². The van der Waals surface area contributed by atoms with Crippen LogP contribution in [-0.4, -0.2) is 39.5 Å². The number of hydrogen-bond donors (Lipinski definition) is 0. The summed E-state index contributed by atoms with van der Waals surface area (Å²) in [6, 6.07) is 10.9. The Balaban J connectivity index is 1.46. The lowest BCUT2D eigenvalue weighted by Gasteiger charge is -2.31. The minimum atomic E-state index is -0.325. The van der Waals surface area contributed by atoms with Crippen molar-refractivity contribution in [1.29, 1.82) is 0 Å². The summed E-state index contributed by atoms with van der Waals surface area (Å²) >= 11 is 12.0. The van der Waals surface area contributed by atoms with E-state index in [-0.39, 0.29) is 23.4 Å². The maximum absolute atomic E-state index is 13.3. The molecule has 0 radical (unpaired) electrons. The second-order valence-corrected chi connectivity index (χ2v) is 8.62. The number of hydrogen-bond acceptors (Lipinski definition) is 3. The zero-order valence-electron chi connectivity index (χ0n) is 17.5. The minimum Gasteiger partial charge on any atom is -0.338 e. The van der Waals surface area contributed by atoms with Crippen molar-refractivity contribution in [2.75, 3.05) is 13.1 Å². The van der Waals surface area contributed by atoms with E-state index in [2.05, 4.69) is 5.10 Å². The number of benzene rings is 2. The Labute approximate surface area is 195 Å². The van der Waals surface area contributed by atoms with Crippen LogP contribution in [0.15, 0.2) is 48.7 Å². The molecule has 1 aliphatic rings. The van der Waals surface area contributed by atoms with Crippen molar-refractivity contribution < 1.29 is 14.0 Å². The number of likely N-dealkylation sites (tertiary alicyclic amines) is 1. The van der Waals surface area contributed by atoms with Gasteiger partial charge in [0.15, 0.2) is 5.78 Å². The third kappa shape index (κ3) is 4.43. The van der Waals surface area contributed by atoms with Gasteiger partial charge in [-0.3, -0.25) is 9.59 Å². The summed E-state index contributed by atoms with van der Waals surface area (Å²) in [4.78, 5) is 27.8. The van der Waals surface area contributed by atoms with Crippen molar-refractivity contribution >= 4 is 34.9 Å². The lowest BCUT2D eigenvalue weighted by molar-refractivity contribution is 0.0649. The Morgan fingerprint density at radius 2 is 1.75 bits per heavy atom. The quantitative estimate of drug-likeness (QED) is 0.452. The topological polar surface area (TPSA) is 55.2 Å². The zero-order chi connectivity index (χ0) is 22.8. The lowest BCUT2D eigenvalue weighted by Crippen LogP contribution is -2.40. The molecule has 2 aromatic carbocycles. The first-order chi connectivity index (χ1) is 15.4. The summed E-state index contributed by atoms with van der Waals surface area (Å²) in [6.07, 6.45) is 3.33. The fourth-order valence-corrected chi connectivity index (χ4v) is 4.40. The number of rotatable bonds is 5. The van der Waals surface area contributed by atoms with Gasteiger partial charge in [-0.15, -0.1) is 0 Å². The number of ketones is 1. The van der Waals surface area contributed by atoms with Crippen LogP contribution in [0.1, 0.15) is 46.2 Å². The fourth-order valence-electron chi connectivity index (χ4n) is 4.10. The number of piperidine rings is 1. The SMILES string of the molecule is CCc1c(C(=O)N2CCC(C(=O)c3ccc(Cl)c(Cl)c3)CC2)cnn1-c1ccc(F)cc1. The Morgan fingerprint density at radius 1 is 1.06 bits per heavy atom. The van der Waals surface area contributed by atoms with Gasteiger partial charge in [0.2, 0.25) is 0 Å². The maximum atomic E-state index is 13.3. The summed E-state index contributed by atoms with van der Waals surface area (Å²) < 4.78 is 14.9. The van der Waals surface area contributed by atoms with Gasteiger partial charge in [-0.05, 0) is 61.7 Å². The highest BCUT2D eigenvalue weighted by Crippen LogP contribution is 2.28. The second-order valence-electron chi connectivity index (χ2n) is 7.81. The number of halogens is 3. The highest BCUT2D eigenvalue weighted by Gasteiger charge is 2.30. The van der Waals surface area contributed by atoms with E-state index in [9.17, 15) is 14.0 Å². The molecule has 5 nitrogen and oxygen atoms in total. The molecule has 0 aliphatic carbocycles. The Kier molecular flexibility index (Phi) is 6.63. The van der Waals surface area contributed by atoms with Gasteiger partial charge >= 0.3 is 0 Å². The van der Waals surface area contributed by atoms with Crippen LogP contribution in [0, 0.1) is 11.7 Å². The molecule has 0 saturated carbocycles. The van der Waals surface area contributed by atoms with Gasteiger partial charge in [0, 0.05) is 24.6 Å². The van der Waals surface area contributed by atoms with Crippen LogP contribution in [0.25, 0.3) is 5.69 Å². The summed E-state index contributed by atoms with van der Waals surface area (Å²) in [5.74, 6) is -0.567. The molecule has 1 aliphatic heterocycles. The number of aromatic nitrogens is 2. The number of carbonyl (C=O) groups excluding carboxylic acids is 2. The number of nitrogens with zero attached hydrogens (tertiary/aromatic N) is 3. The Morgan fingerprint density at radius 3 is 2.38 bits per heavy atom. The molecule has 1 saturated heterocycles. The van der Waals surface area contributed by atoms with Crippen molar-refractivity contribution in [2.24, 2.45) is 5.92 Å². The van der Waals surface area contributed by atoms with Gasteiger partial charge in [-0.1, -0.05) is 30.1 Å². The van der Waals surface area contributed by atoms with E-state index in [4.69, 9.17) is 23.2 Å². The van der Waals surface area contributed by atoms with E-state index < -0.39 is 0 Å². The molecule has 0 unspecified atom stereocenters. The van der Waals surface area contributed by atoms with Crippen LogP contribution >= 0.6 is 23.2 Å². The minimum absolute atomic E-state index is 0.0223. The summed E-state index contributed by atoms with van der Waals surface area (Å²) in [5.41, 5.74) is 2.55. The molecule has 4 rings (SSSR count). The van der Waals surface area contributed by atoms with Crippen LogP contribution in [0.5, 0.6) is 0 Å². The molecule has 1 fully saturated rings. The average molecular weight is 474 g/mol. The van der Waals surface area contributed by atoms with Crippen molar-refractivity contribution in [2.45, 2.75) is 26.2 Å². The molecular formula is C24H22Cl2FN3O2. The van der Waals surface area contributed by atoms with Gasteiger partial charge in [-0.2, -0.15) is 5.10 Å². The van der Waals surface area contributed by atoms with Crippen molar-refractivity contribution in [1.82, 2.24) is 14.7 Å².